The SMILES string of the molecule is Clc1cccc(Cl)c1NCc1ccc(I)cc1. The van der Waals surface area contributed by atoms with Gasteiger partial charge in [0.05, 0.1) is 15.7 Å². The number of hydrogen-bond donors (Lipinski definition) is 1. The largest absolute Gasteiger partial charge is 0.379 e. The normalized spacial score (nSPS) is 10.3. The molecule has 0 radical (unpaired) electrons. The number of rotatable bonds is 3. The van der Waals surface area contributed by atoms with Gasteiger partial charge in [-0.3, -0.25) is 0 Å². The number of benzene rings is 2. The minimum Gasteiger partial charge on any atom is -0.379 e. The van der Waals surface area contributed by atoms with Crippen molar-refractivity contribution in [2.24, 2.45) is 0 Å². The first-order valence-corrected chi connectivity index (χ1v) is 6.92. The molecule has 4 heteroatoms. The maximum Gasteiger partial charge on any atom is 0.0721 e. The zero-order valence-corrected chi connectivity index (χ0v) is 12.6. The van der Waals surface area contributed by atoms with Gasteiger partial charge in [0.1, 0.15) is 0 Å². The fourth-order valence-corrected chi connectivity index (χ4v) is 2.35. The second-order valence-corrected chi connectivity index (χ2v) is 5.64. The van der Waals surface area contributed by atoms with E-state index in [1.54, 1.807) is 0 Å². The lowest BCUT2D eigenvalue weighted by molar-refractivity contribution is 1.15. The zero-order valence-electron chi connectivity index (χ0n) is 8.88. The van der Waals surface area contributed by atoms with Gasteiger partial charge < -0.3 is 5.32 Å². The third-order valence-corrected chi connectivity index (χ3v) is 3.69. The molecule has 0 unspecified atom stereocenters. The number of nitrogens with one attached hydrogen (secondary N) is 1. The molecule has 0 aliphatic carbocycles. The van der Waals surface area contributed by atoms with Gasteiger partial charge in [0.2, 0.25) is 0 Å². The minimum absolute atomic E-state index is 0.642. The molecule has 0 aliphatic rings. The van der Waals surface area contributed by atoms with E-state index >= 15 is 0 Å². The quantitative estimate of drug-likeness (QED) is 0.724. The summed E-state index contributed by atoms with van der Waals surface area (Å²) in [5.74, 6) is 0. The molecule has 0 bridgehead atoms. The van der Waals surface area contributed by atoms with Crippen molar-refractivity contribution < 1.29 is 0 Å². The van der Waals surface area contributed by atoms with Gasteiger partial charge in [-0.1, -0.05) is 41.4 Å². The van der Waals surface area contributed by atoms with Crippen molar-refractivity contribution in [3.05, 3.63) is 61.6 Å². The molecule has 2 aromatic carbocycles. The van der Waals surface area contributed by atoms with Crippen molar-refractivity contribution in [1.82, 2.24) is 0 Å². The van der Waals surface area contributed by atoms with Crippen LogP contribution in [0.15, 0.2) is 42.5 Å². The maximum atomic E-state index is 6.07. The van der Waals surface area contributed by atoms with Crippen molar-refractivity contribution in [3.8, 4) is 0 Å². The lowest BCUT2D eigenvalue weighted by Gasteiger charge is -2.10. The van der Waals surface area contributed by atoms with E-state index in [4.69, 9.17) is 23.2 Å². The monoisotopic (exact) mass is 377 g/mol. The van der Waals surface area contributed by atoms with Gasteiger partial charge >= 0.3 is 0 Å². The molecule has 0 amide bonds. The van der Waals surface area contributed by atoms with Gasteiger partial charge in [-0.25, -0.2) is 0 Å². The van der Waals surface area contributed by atoms with Crippen LogP contribution in [0.25, 0.3) is 0 Å². The van der Waals surface area contributed by atoms with E-state index in [9.17, 15) is 0 Å². The lowest BCUT2D eigenvalue weighted by Crippen LogP contribution is -2.00. The van der Waals surface area contributed by atoms with Crippen LogP contribution < -0.4 is 5.32 Å². The van der Waals surface area contributed by atoms with Gasteiger partial charge in [0.25, 0.3) is 0 Å². The van der Waals surface area contributed by atoms with E-state index < -0.39 is 0 Å². The molecule has 88 valence electrons. The molecule has 2 aromatic rings. The van der Waals surface area contributed by atoms with Gasteiger partial charge in [0.15, 0.2) is 0 Å². The molecule has 0 saturated carbocycles. The summed E-state index contributed by atoms with van der Waals surface area (Å²) in [6.07, 6.45) is 0. The molecule has 1 N–H and O–H groups in total. The Morgan fingerprint density at radius 3 is 2.12 bits per heavy atom. The van der Waals surface area contributed by atoms with Gasteiger partial charge in [-0.2, -0.15) is 0 Å². The first kappa shape index (κ1) is 13.0. The summed E-state index contributed by atoms with van der Waals surface area (Å²) in [6, 6.07) is 13.8. The molecule has 0 saturated heterocycles. The smallest absolute Gasteiger partial charge is 0.0721 e. The number of para-hydroxylation sites is 1. The highest BCUT2D eigenvalue weighted by Crippen LogP contribution is 2.30. The van der Waals surface area contributed by atoms with Crippen LogP contribution in [0.1, 0.15) is 5.56 Å². The molecule has 0 fully saturated rings. The minimum atomic E-state index is 0.642. The molecular weight excluding hydrogens is 368 g/mol. The van der Waals surface area contributed by atoms with Crippen LogP contribution in [0.2, 0.25) is 10.0 Å². The average Bonchev–Trinajstić information content (AvgIpc) is 2.31. The Balaban J connectivity index is 2.10. The van der Waals surface area contributed by atoms with Crippen molar-refractivity contribution >= 4 is 51.5 Å². The van der Waals surface area contributed by atoms with Crippen LogP contribution in [0.5, 0.6) is 0 Å². The lowest BCUT2D eigenvalue weighted by atomic mass is 10.2. The van der Waals surface area contributed by atoms with Crippen LogP contribution in [-0.2, 0) is 6.54 Å². The molecule has 0 aromatic heterocycles. The van der Waals surface area contributed by atoms with Crippen molar-refractivity contribution in [3.63, 3.8) is 0 Å². The Morgan fingerprint density at radius 2 is 1.53 bits per heavy atom. The van der Waals surface area contributed by atoms with Gasteiger partial charge in [-0.05, 0) is 52.4 Å². The van der Waals surface area contributed by atoms with Gasteiger partial charge in [-0.15, -0.1) is 0 Å². The maximum absolute atomic E-state index is 6.07. The molecule has 0 spiro atoms. The molecule has 0 atom stereocenters. The predicted molar refractivity (Wildman–Crippen MR) is 82.9 cm³/mol. The van der Waals surface area contributed by atoms with Crippen LogP contribution in [0.3, 0.4) is 0 Å². The first-order chi connectivity index (χ1) is 8.16. The Hall–Kier alpha value is -0.450. The van der Waals surface area contributed by atoms with E-state index in [1.165, 1.54) is 9.13 Å². The number of anilines is 1. The Kier molecular flexibility index (Phi) is 4.54. The van der Waals surface area contributed by atoms with E-state index in [1.807, 2.05) is 18.2 Å². The second-order valence-electron chi connectivity index (χ2n) is 3.58. The van der Waals surface area contributed by atoms with Crippen LogP contribution in [0.4, 0.5) is 5.69 Å². The van der Waals surface area contributed by atoms with Crippen LogP contribution in [-0.4, -0.2) is 0 Å². The summed E-state index contributed by atoms with van der Waals surface area (Å²) in [7, 11) is 0. The highest BCUT2D eigenvalue weighted by molar-refractivity contribution is 14.1. The molecular formula is C13H10Cl2IN. The molecule has 1 nitrogen and oxygen atoms in total. The van der Waals surface area contributed by atoms with Crippen molar-refractivity contribution in [2.45, 2.75) is 6.54 Å². The molecule has 17 heavy (non-hydrogen) atoms. The summed E-state index contributed by atoms with van der Waals surface area (Å²) >= 11 is 14.4. The topological polar surface area (TPSA) is 12.0 Å². The zero-order chi connectivity index (χ0) is 12.3. The van der Waals surface area contributed by atoms with E-state index in [-0.39, 0.29) is 0 Å². The van der Waals surface area contributed by atoms with Crippen molar-refractivity contribution in [1.29, 1.82) is 0 Å². The summed E-state index contributed by atoms with van der Waals surface area (Å²) in [4.78, 5) is 0. The average molecular weight is 378 g/mol. The van der Waals surface area contributed by atoms with E-state index in [0.29, 0.717) is 16.6 Å². The van der Waals surface area contributed by atoms with Crippen LogP contribution >= 0.6 is 45.8 Å². The fourth-order valence-electron chi connectivity index (χ4n) is 1.46. The standard InChI is InChI=1S/C13H10Cl2IN/c14-11-2-1-3-12(15)13(11)17-8-9-4-6-10(16)7-5-9/h1-7,17H,8H2. The summed E-state index contributed by atoms with van der Waals surface area (Å²) < 4.78 is 1.22. The number of halogens is 3. The summed E-state index contributed by atoms with van der Waals surface area (Å²) in [5.41, 5.74) is 1.98. The Labute approximate surface area is 124 Å². The Bertz CT molecular complexity index is 491. The predicted octanol–water partition coefficient (Wildman–Crippen LogP) is 5.21. The second kappa shape index (κ2) is 5.94. The van der Waals surface area contributed by atoms with Crippen molar-refractivity contribution in [2.75, 3.05) is 5.32 Å². The Morgan fingerprint density at radius 1 is 0.941 bits per heavy atom. The highest BCUT2D eigenvalue weighted by Gasteiger charge is 2.04. The van der Waals surface area contributed by atoms with Gasteiger partial charge in [0, 0.05) is 10.1 Å². The molecule has 0 heterocycles. The highest BCUT2D eigenvalue weighted by atomic mass is 127. The third-order valence-electron chi connectivity index (χ3n) is 2.35. The van der Waals surface area contributed by atoms with Crippen LogP contribution in [0, 0.1) is 3.57 Å². The van der Waals surface area contributed by atoms with E-state index in [2.05, 4.69) is 52.2 Å². The molecule has 2 rings (SSSR count). The third kappa shape index (κ3) is 3.50. The summed E-state index contributed by atoms with van der Waals surface area (Å²) in [5, 5.41) is 4.53. The first-order valence-electron chi connectivity index (χ1n) is 5.09. The van der Waals surface area contributed by atoms with E-state index in [0.717, 1.165) is 5.69 Å². The number of hydrogen-bond acceptors (Lipinski definition) is 1. The fraction of sp³-hybridized carbons (Fsp3) is 0.0769. The molecule has 0 aliphatic heterocycles. The summed E-state index contributed by atoms with van der Waals surface area (Å²) in [6.45, 7) is 0.709.